The SMILES string of the molecule is CCN(CC(C)(C)O)c1ccc(C)c(N)c1. The van der Waals surface area contributed by atoms with Crippen molar-refractivity contribution in [3.8, 4) is 0 Å². The molecule has 0 atom stereocenters. The summed E-state index contributed by atoms with van der Waals surface area (Å²) in [5, 5.41) is 9.83. The minimum absolute atomic E-state index is 0.603. The normalized spacial score (nSPS) is 11.6. The molecule has 3 N–H and O–H groups in total. The summed E-state index contributed by atoms with van der Waals surface area (Å²) >= 11 is 0. The largest absolute Gasteiger partial charge is 0.398 e. The average Bonchev–Trinajstić information content (AvgIpc) is 2.17. The van der Waals surface area contributed by atoms with Crippen LogP contribution in [-0.4, -0.2) is 23.8 Å². The van der Waals surface area contributed by atoms with Crippen molar-refractivity contribution in [2.45, 2.75) is 33.3 Å². The Morgan fingerprint density at radius 3 is 2.44 bits per heavy atom. The summed E-state index contributed by atoms with van der Waals surface area (Å²) in [7, 11) is 0. The Bertz CT molecular complexity index is 355. The van der Waals surface area contributed by atoms with Crippen LogP contribution in [0.5, 0.6) is 0 Å². The summed E-state index contributed by atoms with van der Waals surface area (Å²) in [6, 6.07) is 6.02. The molecule has 0 unspecified atom stereocenters. The Kier molecular flexibility index (Phi) is 3.81. The molecular weight excluding hydrogens is 200 g/mol. The highest BCUT2D eigenvalue weighted by molar-refractivity contribution is 5.59. The molecule has 3 heteroatoms. The molecule has 0 aliphatic rings. The third kappa shape index (κ3) is 3.42. The predicted octanol–water partition coefficient (Wildman–Crippen LogP) is 2.17. The van der Waals surface area contributed by atoms with Gasteiger partial charge in [-0.1, -0.05) is 6.07 Å². The first-order valence-electron chi connectivity index (χ1n) is 5.67. The standard InChI is InChI=1S/C13H22N2O/c1-5-15(9-13(3,4)16)11-7-6-10(2)12(14)8-11/h6-8,16H,5,9,14H2,1-4H3. The van der Waals surface area contributed by atoms with Gasteiger partial charge < -0.3 is 15.7 Å². The van der Waals surface area contributed by atoms with Crippen LogP contribution < -0.4 is 10.6 Å². The second-order valence-corrected chi connectivity index (χ2v) is 4.87. The van der Waals surface area contributed by atoms with E-state index in [-0.39, 0.29) is 0 Å². The number of nitrogen functional groups attached to an aromatic ring is 1. The fourth-order valence-corrected chi connectivity index (χ4v) is 1.68. The topological polar surface area (TPSA) is 49.5 Å². The Balaban J connectivity index is 2.91. The van der Waals surface area contributed by atoms with Crippen molar-refractivity contribution in [3.05, 3.63) is 23.8 Å². The molecule has 0 bridgehead atoms. The average molecular weight is 222 g/mol. The first-order valence-corrected chi connectivity index (χ1v) is 5.67. The first-order chi connectivity index (χ1) is 7.33. The Hall–Kier alpha value is -1.22. The van der Waals surface area contributed by atoms with Crippen LogP contribution in [0.2, 0.25) is 0 Å². The number of benzene rings is 1. The third-order valence-corrected chi connectivity index (χ3v) is 2.59. The predicted molar refractivity (Wildman–Crippen MR) is 69.8 cm³/mol. The van der Waals surface area contributed by atoms with Crippen molar-refractivity contribution < 1.29 is 5.11 Å². The van der Waals surface area contributed by atoms with E-state index in [2.05, 4.69) is 11.8 Å². The summed E-state index contributed by atoms with van der Waals surface area (Å²) in [4.78, 5) is 2.12. The number of aliphatic hydroxyl groups is 1. The van der Waals surface area contributed by atoms with Crippen molar-refractivity contribution in [3.63, 3.8) is 0 Å². The van der Waals surface area contributed by atoms with Crippen molar-refractivity contribution in [2.24, 2.45) is 0 Å². The third-order valence-electron chi connectivity index (χ3n) is 2.59. The van der Waals surface area contributed by atoms with Gasteiger partial charge >= 0.3 is 0 Å². The van der Waals surface area contributed by atoms with E-state index in [0.717, 1.165) is 23.5 Å². The fraction of sp³-hybridized carbons (Fsp3) is 0.538. The van der Waals surface area contributed by atoms with Crippen LogP contribution in [0.4, 0.5) is 11.4 Å². The van der Waals surface area contributed by atoms with Gasteiger partial charge in [0.15, 0.2) is 0 Å². The molecule has 0 aliphatic carbocycles. The van der Waals surface area contributed by atoms with E-state index in [9.17, 15) is 5.11 Å². The molecule has 1 rings (SSSR count). The zero-order valence-electron chi connectivity index (χ0n) is 10.6. The second-order valence-electron chi connectivity index (χ2n) is 4.87. The van der Waals surface area contributed by atoms with Gasteiger partial charge in [0.05, 0.1) is 5.60 Å². The molecule has 0 aliphatic heterocycles. The van der Waals surface area contributed by atoms with E-state index >= 15 is 0 Å². The van der Waals surface area contributed by atoms with Gasteiger partial charge in [0, 0.05) is 24.5 Å². The molecule has 0 amide bonds. The molecule has 90 valence electrons. The molecule has 0 spiro atoms. The smallest absolute Gasteiger partial charge is 0.0765 e. The lowest BCUT2D eigenvalue weighted by molar-refractivity contribution is 0.0876. The van der Waals surface area contributed by atoms with E-state index in [1.54, 1.807) is 0 Å². The van der Waals surface area contributed by atoms with Crippen LogP contribution in [0.3, 0.4) is 0 Å². The van der Waals surface area contributed by atoms with E-state index in [0.29, 0.717) is 6.54 Å². The lowest BCUT2D eigenvalue weighted by Crippen LogP contribution is -2.38. The fourth-order valence-electron chi connectivity index (χ4n) is 1.68. The van der Waals surface area contributed by atoms with Crippen LogP contribution in [0, 0.1) is 6.92 Å². The van der Waals surface area contributed by atoms with Crippen LogP contribution in [0.25, 0.3) is 0 Å². The van der Waals surface area contributed by atoms with Gasteiger partial charge in [0.1, 0.15) is 0 Å². The number of hydrogen-bond acceptors (Lipinski definition) is 3. The minimum atomic E-state index is -0.699. The summed E-state index contributed by atoms with van der Waals surface area (Å²) < 4.78 is 0. The molecule has 1 aromatic carbocycles. The van der Waals surface area contributed by atoms with Crippen molar-refractivity contribution in [1.82, 2.24) is 0 Å². The molecule has 0 fully saturated rings. The van der Waals surface area contributed by atoms with Crippen molar-refractivity contribution in [2.75, 3.05) is 23.7 Å². The number of rotatable bonds is 4. The molecule has 0 saturated heterocycles. The molecular formula is C13H22N2O. The van der Waals surface area contributed by atoms with E-state index in [4.69, 9.17) is 5.73 Å². The van der Waals surface area contributed by atoms with Crippen molar-refractivity contribution in [1.29, 1.82) is 0 Å². The van der Waals surface area contributed by atoms with Crippen LogP contribution >= 0.6 is 0 Å². The zero-order valence-corrected chi connectivity index (χ0v) is 10.6. The maximum Gasteiger partial charge on any atom is 0.0765 e. The number of nitrogens with two attached hydrogens (primary N) is 1. The molecule has 3 nitrogen and oxygen atoms in total. The Morgan fingerprint density at radius 1 is 1.38 bits per heavy atom. The quantitative estimate of drug-likeness (QED) is 0.768. The van der Waals surface area contributed by atoms with Crippen LogP contribution in [-0.2, 0) is 0 Å². The van der Waals surface area contributed by atoms with Gasteiger partial charge in [-0.2, -0.15) is 0 Å². The second kappa shape index (κ2) is 4.74. The maximum atomic E-state index is 9.83. The van der Waals surface area contributed by atoms with Gasteiger partial charge in [-0.15, -0.1) is 0 Å². The van der Waals surface area contributed by atoms with E-state index in [1.165, 1.54) is 0 Å². The first kappa shape index (κ1) is 12.8. The molecule has 16 heavy (non-hydrogen) atoms. The Labute approximate surface area is 97.9 Å². The highest BCUT2D eigenvalue weighted by atomic mass is 16.3. The van der Waals surface area contributed by atoms with Crippen LogP contribution in [0.15, 0.2) is 18.2 Å². The van der Waals surface area contributed by atoms with E-state index < -0.39 is 5.60 Å². The molecule has 0 radical (unpaired) electrons. The van der Waals surface area contributed by atoms with Gasteiger partial charge in [-0.25, -0.2) is 0 Å². The van der Waals surface area contributed by atoms with Gasteiger partial charge in [0.25, 0.3) is 0 Å². The Morgan fingerprint density at radius 2 is 2.00 bits per heavy atom. The van der Waals surface area contributed by atoms with E-state index in [1.807, 2.05) is 39.0 Å². The highest BCUT2D eigenvalue weighted by Gasteiger charge is 2.17. The summed E-state index contributed by atoms with van der Waals surface area (Å²) in [5.74, 6) is 0. The monoisotopic (exact) mass is 222 g/mol. The van der Waals surface area contributed by atoms with Crippen LogP contribution in [0.1, 0.15) is 26.3 Å². The maximum absolute atomic E-state index is 9.83. The summed E-state index contributed by atoms with van der Waals surface area (Å²) in [5.41, 5.74) is 8.14. The molecule has 1 aromatic rings. The van der Waals surface area contributed by atoms with Gasteiger partial charge in [0.2, 0.25) is 0 Å². The number of anilines is 2. The zero-order chi connectivity index (χ0) is 12.3. The molecule has 0 heterocycles. The summed E-state index contributed by atoms with van der Waals surface area (Å²) in [6.45, 7) is 9.14. The number of aryl methyl sites for hydroxylation is 1. The number of hydrogen-bond donors (Lipinski definition) is 2. The number of likely N-dealkylation sites (N-methyl/N-ethyl adjacent to an activating group) is 1. The molecule has 0 saturated carbocycles. The minimum Gasteiger partial charge on any atom is -0.398 e. The molecule has 0 aromatic heterocycles. The number of nitrogens with zero attached hydrogens (tertiary/aromatic N) is 1. The van der Waals surface area contributed by atoms with Gasteiger partial charge in [-0.3, -0.25) is 0 Å². The van der Waals surface area contributed by atoms with Gasteiger partial charge in [-0.05, 0) is 45.4 Å². The van der Waals surface area contributed by atoms with Crippen molar-refractivity contribution >= 4 is 11.4 Å². The lowest BCUT2D eigenvalue weighted by Gasteiger charge is -2.30. The summed E-state index contributed by atoms with van der Waals surface area (Å²) in [6.07, 6.45) is 0. The highest BCUT2D eigenvalue weighted by Crippen LogP contribution is 2.22. The lowest BCUT2D eigenvalue weighted by atomic mass is 10.1.